The van der Waals surface area contributed by atoms with E-state index >= 15 is 0 Å². The van der Waals surface area contributed by atoms with Crippen molar-refractivity contribution in [1.82, 2.24) is 15.0 Å². The van der Waals surface area contributed by atoms with Gasteiger partial charge in [-0.2, -0.15) is 0 Å². The first kappa shape index (κ1) is 20.7. The van der Waals surface area contributed by atoms with Gasteiger partial charge >= 0.3 is 0 Å². The average Bonchev–Trinajstić information content (AvgIpc) is 3.26. The Labute approximate surface area is 180 Å². The van der Waals surface area contributed by atoms with E-state index in [1.54, 1.807) is 28.6 Å². The van der Waals surface area contributed by atoms with Crippen molar-refractivity contribution in [2.45, 2.75) is 0 Å². The molecule has 0 unspecified atom stereocenters. The Bertz CT molecular complexity index is 915. The largest absolute Gasteiger partial charge is 0.394 e. The summed E-state index contributed by atoms with van der Waals surface area (Å²) in [4.78, 5) is 18.0. The van der Waals surface area contributed by atoms with Crippen molar-refractivity contribution in [1.29, 1.82) is 0 Å². The maximum absolute atomic E-state index is 8.78. The Morgan fingerprint density at radius 3 is 2.73 bits per heavy atom. The zero-order valence-electron chi connectivity index (χ0n) is 16.8. The number of piperazine rings is 1. The monoisotopic (exact) mass is 427 g/mol. The first-order valence-corrected chi connectivity index (χ1v) is 11.0. The molecule has 0 amide bonds. The van der Waals surface area contributed by atoms with Crippen molar-refractivity contribution in [2.24, 2.45) is 0 Å². The summed E-state index contributed by atoms with van der Waals surface area (Å²) in [6.45, 7) is 6.37. The number of aliphatic hydroxyl groups is 1. The molecule has 158 valence electrons. The Morgan fingerprint density at radius 1 is 1.10 bits per heavy atom. The molecule has 1 aliphatic rings. The molecule has 1 fully saturated rings. The SMILES string of the molecule is OCCOCC[NH+]1CCN(c2ccnc(Nc3ncc(-c4ccncc4)s3)c2)CC1. The predicted molar refractivity (Wildman–Crippen MR) is 119 cm³/mol. The fourth-order valence-corrected chi connectivity index (χ4v) is 4.32. The highest BCUT2D eigenvalue weighted by Gasteiger charge is 2.20. The lowest BCUT2D eigenvalue weighted by Crippen LogP contribution is -3.15. The van der Waals surface area contributed by atoms with Gasteiger partial charge in [0.2, 0.25) is 0 Å². The maximum Gasteiger partial charge on any atom is 0.188 e. The zero-order valence-corrected chi connectivity index (χ0v) is 17.6. The molecule has 4 rings (SSSR count). The number of rotatable bonds is 9. The van der Waals surface area contributed by atoms with Crippen molar-refractivity contribution in [2.75, 3.05) is 62.8 Å². The van der Waals surface area contributed by atoms with E-state index in [1.165, 1.54) is 5.69 Å². The minimum Gasteiger partial charge on any atom is -0.394 e. The molecular weight excluding hydrogens is 400 g/mol. The molecule has 1 saturated heterocycles. The molecule has 8 nitrogen and oxygen atoms in total. The van der Waals surface area contributed by atoms with E-state index in [-0.39, 0.29) is 6.61 Å². The number of hydrogen-bond donors (Lipinski definition) is 3. The van der Waals surface area contributed by atoms with Crippen LogP contribution >= 0.6 is 11.3 Å². The van der Waals surface area contributed by atoms with Crippen LogP contribution in [0.3, 0.4) is 0 Å². The summed E-state index contributed by atoms with van der Waals surface area (Å²) in [5.74, 6) is 0.801. The number of nitrogens with one attached hydrogen (secondary N) is 2. The predicted octanol–water partition coefficient (Wildman–Crippen LogP) is 1.06. The quantitative estimate of drug-likeness (QED) is 0.440. The highest BCUT2D eigenvalue weighted by Crippen LogP contribution is 2.30. The van der Waals surface area contributed by atoms with E-state index in [2.05, 4.69) is 37.3 Å². The van der Waals surface area contributed by atoms with Crippen molar-refractivity contribution in [3.8, 4) is 10.4 Å². The summed E-state index contributed by atoms with van der Waals surface area (Å²) in [5, 5.41) is 12.9. The highest BCUT2D eigenvalue weighted by atomic mass is 32.1. The normalized spacial score (nSPS) is 14.8. The molecule has 3 N–H and O–H groups in total. The van der Waals surface area contributed by atoms with Crippen LogP contribution in [0.15, 0.2) is 49.1 Å². The number of anilines is 3. The second-order valence-corrected chi connectivity index (χ2v) is 8.14. The van der Waals surface area contributed by atoms with E-state index < -0.39 is 0 Å². The Hall–Kier alpha value is -2.59. The van der Waals surface area contributed by atoms with Crippen molar-refractivity contribution >= 4 is 28.0 Å². The Kier molecular flexibility index (Phi) is 7.20. The Balaban J connectivity index is 1.32. The van der Waals surface area contributed by atoms with Crippen LogP contribution in [0.25, 0.3) is 10.4 Å². The van der Waals surface area contributed by atoms with Gasteiger partial charge in [0.25, 0.3) is 0 Å². The number of nitrogens with zero attached hydrogens (tertiary/aromatic N) is 4. The van der Waals surface area contributed by atoms with Crippen LogP contribution in [0.1, 0.15) is 0 Å². The lowest BCUT2D eigenvalue weighted by Gasteiger charge is -2.33. The lowest BCUT2D eigenvalue weighted by atomic mass is 10.2. The molecule has 0 radical (unpaired) electrons. The summed E-state index contributed by atoms with van der Waals surface area (Å²) in [5.41, 5.74) is 2.29. The van der Waals surface area contributed by atoms with Crippen LogP contribution in [0.2, 0.25) is 0 Å². The molecule has 4 heterocycles. The minimum absolute atomic E-state index is 0.0908. The molecular formula is C21H27N6O2S+. The summed E-state index contributed by atoms with van der Waals surface area (Å²) >= 11 is 1.60. The number of aliphatic hydroxyl groups excluding tert-OH is 1. The van der Waals surface area contributed by atoms with Crippen LogP contribution in [0.5, 0.6) is 0 Å². The van der Waals surface area contributed by atoms with E-state index in [4.69, 9.17) is 9.84 Å². The summed E-state index contributed by atoms with van der Waals surface area (Å²) in [6, 6.07) is 8.11. The van der Waals surface area contributed by atoms with Gasteiger partial charge in [-0.1, -0.05) is 11.3 Å². The first-order valence-electron chi connectivity index (χ1n) is 10.2. The van der Waals surface area contributed by atoms with Gasteiger partial charge in [-0.15, -0.1) is 0 Å². The molecule has 9 heteroatoms. The summed E-state index contributed by atoms with van der Waals surface area (Å²) < 4.78 is 5.39. The summed E-state index contributed by atoms with van der Waals surface area (Å²) in [6.07, 6.45) is 7.29. The molecule has 0 saturated carbocycles. The van der Waals surface area contributed by atoms with E-state index in [0.717, 1.165) is 54.1 Å². The van der Waals surface area contributed by atoms with Gasteiger partial charge in [0, 0.05) is 36.5 Å². The fourth-order valence-electron chi connectivity index (χ4n) is 3.49. The van der Waals surface area contributed by atoms with E-state index in [1.807, 2.05) is 24.5 Å². The molecule has 3 aromatic heterocycles. The third-order valence-electron chi connectivity index (χ3n) is 5.12. The first-order chi connectivity index (χ1) is 14.8. The van der Waals surface area contributed by atoms with Crippen molar-refractivity contribution in [3.63, 3.8) is 0 Å². The Morgan fingerprint density at radius 2 is 1.93 bits per heavy atom. The summed E-state index contributed by atoms with van der Waals surface area (Å²) in [7, 11) is 0. The van der Waals surface area contributed by atoms with Gasteiger partial charge in [0.1, 0.15) is 12.4 Å². The standard InChI is InChI=1S/C21H26N6O2S/c28-12-14-29-13-11-26-7-9-27(10-8-26)18-3-6-23-20(15-18)25-21-24-16-19(30-21)17-1-4-22-5-2-17/h1-6,15-16,28H,7-14H2,(H,23,24,25)/p+1. The molecule has 0 aliphatic carbocycles. The number of thiazole rings is 1. The molecule has 0 bridgehead atoms. The average molecular weight is 428 g/mol. The second-order valence-electron chi connectivity index (χ2n) is 7.11. The maximum atomic E-state index is 8.78. The number of quaternary nitrogens is 1. The van der Waals surface area contributed by atoms with Crippen LogP contribution in [-0.2, 0) is 4.74 Å². The molecule has 30 heavy (non-hydrogen) atoms. The van der Waals surface area contributed by atoms with Crippen molar-refractivity contribution in [3.05, 3.63) is 49.1 Å². The van der Waals surface area contributed by atoms with Crippen LogP contribution < -0.4 is 15.1 Å². The number of ether oxygens (including phenoxy) is 1. The molecule has 1 aliphatic heterocycles. The topological polar surface area (TPSA) is 87.8 Å². The molecule has 0 aromatic carbocycles. The second kappa shape index (κ2) is 10.4. The van der Waals surface area contributed by atoms with Crippen molar-refractivity contribution < 1.29 is 14.7 Å². The van der Waals surface area contributed by atoms with Gasteiger partial charge in [0.15, 0.2) is 5.13 Å². The number of hydrogen-bond acceptors (Lipinski definition) is 8. The smallest absolute Gasteiger partial charge is 0.188 e. The van der Waals surface area contributed by atoms with E-state index in [0.29, 0.717) is 13.2 Å². The number of aromatic nitrogens is 3. The fraction of sp³-hybridized carbons (Fsp3) is 0.381. The zero-order chi connectivity index (χ0) is 20.6. The third-order valence-corrected chi connectivity index (χ3v) is 6.08. The van der Waals surface area contributed by atoms with Gasteiger partial charge in [-0.25, -0.2) is 9.97 Å². The van der Waals surface area contributed by atoms with Crippen LogP contribution in [0.4, 0.5) is 16.6 Å². The van der Waals surface area contributed by atoms with Gasteiger partial charge in [-0.05, 0) is 23.8 Å². The molecule has 0 atom stereocenters. The lowest BCUT2D eigenvalue weighted by molar-refractivity contribution is -0.901. The minimum atomic E-state index is 0.0908. The number of pyridine rings is 2. The van der Waals surface area contributed by atoms with Crippen LogP contribution in [-0.4, -0.2) is 72.6 Å². The highest BCUT2D eigenvalue weighted by molar-refractivity contribution is 7.18. The van der Waals surface area contributed by atoms with Gasteiger partial charge in [-0.3, -0.25) is 4.98 Å². The van der Waals surface area contributed by atoms with Crippen LogP contribution in [0, 0.1) is 0 Å². The third kappa shape index (κ3) is 5.51. The van der Waals surface area contributed by atoms with Gasteiger partial charge in [0.05, 0.1) is 50.9 Å². The molecule has 3 aromatic rings. The van der Waals surface area contributed by atoms with Gasteiger partial charge < -0.3 is 25.0 Å². The molecule has 0 spiro atoms. The van der Waals surface area contributed by atoms with E-state index in [9.17, 15) is 0 Å².